The van der Waals surface area contributed by atoms with E-state index in [0.717, 1.165) is 24.5 Å². The molecule has 1 aliphatic rings. The summed E-state index contributed by atoms with van der Waals surface area (Å²) in [6.07, 6.45) is 3.64. The molecule has 1 saturated heterocycles. The average Bonchev–Trinajstić information content (AvgIpc) is 2.60. The summed E-state index contributed by atoms with van der Waals surface area (Å²) in [4.78, 5) is 0. The predicted molar refractivity (Wildman–Crippen MR) is 102 cm³/mol. The standard InChI is InChI=1S/C20H27N3O2/c1-20(2,19-5-3-4-12-23-19)25-15-8-6-14(7-9-15)24-16-10-11-17(21)18(22)13-16/h6-11,13,19,23H,3-5,12,21-22H2,1-2H3. The number of nitrogen functional groups attached to an aromatic ring is 2. The number of rotatable bonds is 5. The second-order valence-corrected chi connectivity index (χ2v) is 7.07. The Morgan fingerprint density at radius 2 is 1.60 bits per heavy atom. The zero-order valence-electron chi connectivity index (χ0n) is 14.9. The molecule has 1 atom stereocenters. The Morgan fingerprint density at radius 1 is 0.920 bits per heavy atom. The van der Waals surface area contributed by atoms with E-state index in [2.05, 4.69) is 19.2 Å². The monoisotopic (exact) mass is 341 g/mol. The van der Waals surface area contributed by atoms with E-state index >= 15 is 0 Å². The number of anilines is 2. The molecule has 1 aliphatic heterocycles. The Morgan fingerprint density at radius 3 is 2.24 bits per heavy atom. The van der Waals surface area contributed by atoms with Crippen LogP contribution in [0, 0.1) is 0 Å². The third kappa shape index (κ3) is 4.37. The van der Waals surface area contributed by atoms with Crippen molar-refractivity contribution in [1.82, 2.24) is 5.32 Å². The van der Waals surface area contributed by atoms with Gasteiger partial charge in [-0.15, -0.1) is 0 Å². The van der Waals surface area contributed by atoms with Gasteiger partial charge in [-0.3, -0.25) is 0 Å². The van der Waals surface area contributed by atoms with Crippen LogP contribution in [0.5, 0.6) is 17.2 Å². The van der Waals surface area contributed by atoms with Crippen LogP contribution in [0.25, 0.3) is 0 Å². The SMILES string of the molecule is CC(C)(Oc1ccc(Oc2ccc(N)c(N)c2)cc1)C1CCCCN1. The van der Waals surface area contributed by atoms with E-state index in [1.54, 1.807) is 18.2 Å². The largest absolute Gasteiger partial charge is 0.486 e. The first kappa shape index (κ1) is 17.4. The number of hydrogen-bond donors (Lipinski definition) is 3. The van der Waals surface area contributed by atoms with Crippen LogP contribution in [-0.2, 0) is 0 Å². The van der Waals surface area contributed by atoms with Crippen LogP contribution in [0.3, 0.4) is 0 Å². The number of hydrogen-bond acceptors (Lipinski definition) is 5. The van der Waals surface area contributed by atoms with Gasteiger partial charge in [0.1, 0.15) is 22.8 Å². The molecule has 0 aliphatic carbocycles. The van der Waals surface area contributed by atoms with Crippen molar-refractivity contribution in [3.05, 3.63) is 42.5 Å². The summed E-state index contributed by atoms with van der Waals surface area (Å²) in [5.41, 5.74) is 12.3. The number of nitrogens with one attached hydrogen (secondary N) is 1. The van der Waals surface area contributed by atoms with E-state index in [1.807, 2.05) is 24.3 Å². The molecular weight excluding hydrogens is 314 g/mol. The molecule has 0 radical (unpaired) electrons. The highest BCUT2D eigenvalue weighted by Crippen LogP contribution is 2.30. The average molecular weight is 341 g/mol. The van der Waals surface area contributed by atoms with Crippen molar-refractivity contribution < 1.29 is 9.47 Å². The quantitative estimate of drug-likeness (QED) is 0.718. The Hall–Kier alpha value is -2.40. The topological polar surface area (TPSA) is 82.5 Å². The second kappa shape index (κ2) is 7.23. The van der Waals surface area contributed by atoms with Gasteiger partial charge >= 0.3 is 0 Å². The molecule has 0 aromatic heterocycles. The molecule has 25 heavy (non-hydrogen) atoms. The summed E-state index contributed by atoms with van der Waals surface area (Å²) in [5.74, 6) is 2.22. The summed E-state index contributed by atoms with van der Waals surface area (Å²) < 4.78 is 12.0. The summed E-state index contributed by atoms with van der Waals surface area (Å²) in [6.45, 7) is 5.34. The number of benzene rings is 2. The van der Waals surface area contributed by atoms with E-state index in [1.165, 1.54) is 12.8 Å². The van der Waals surface area contributed by atoms with Crippen LogP contribution in [0.2, 0.25) is 0 Å². The molecule has 1 heterocycles. The minimum atomic E-state index is -0.256. The molecule has 5 heteroatoms. The van der Waals surface area contributed by atoms with Gasteiger partial charge in [0.25, 0.3) is 0 Å². The lowest BCUT2D eigenvalue weighted by molar-refractivity contribution is 0.0529. The van der Waals surface area contributed by atoms with Crippen LogP contribution in [0.1, 0.15) is 33.1 Å². The number of nitrogens with two attached hydrogens (primary N) is 2. The molecule has 2 aromatic carbocycles. The second-order valence-electron chi connectivity index (χ2n) is 7.07. The summed E-state index contributed by atoms with van der Waals surface area (Å²) in [7, 11) is 0. The Bertz CT molecular complexity index is 707. The minimum absolute atomic E-state index is 0.256. The first-order valence-corrected chi connectivity index (χ1v) is 8.79. The Kier molecular flexibility index (Phi) is 5.04. The van der Waals surface area contributed by atoms with Crippen molar-refractivity contribution in [2.45, 2.75) is 44.8 Å². The van der Waals surface area contributed by atoms with Crippen LogP contribution in [0.4, 0.5) is 11.4 Å². The molecule has 0 saturated carbocycles. The third-order valence-corrected chi connectivity index (χ3v) is 4.65. The lowest BCUT2D eigenvalue weighted by Gasteiger charge is -2.38. The molecule has 134 valence electrons. The molecule has 0 amide bonds. The van der Waals surface area contributed by atoms with E-state index in [-0.39, 0.29) is 5.60 Å². The van der Waals surface area contributed by atoms with Gasteiger partial charge < -0.3 is 26.3 Å². The van der Waals surface area contributed by atoms with Gasteiger partial charge in [0.15, 0.2) is 0 Å². The first-order valence-electron chi connectivity index (χ1n) is 8.79. The summed E-state index contributed by atoms with van der Waals surface area (Å²) >= 11 is 0. The van der Waals surface area contributed by atoms with Crippen molar-refractivity contribution in [3.8, 4) is 17.2 Å². The van der Waals surface area contributed by atoms with Crippen molar-refractivity contribution in [2.75, 3.05) is 18.0 Å². The smallest absolute Gasteiger partial charge is 0.129 e. The van der Waals surface area contributed by atoms with Crippen LogP contribution in [-0.4, -0.2) is 18.2 Å². The van der Waals surface area contributed by atoms with Gasteiger partial charge in [-0.2, -0.15) is 0 Å². The maximum atomic E-state index is 6.23. The van der Waals surface area contributed by atoms with Crippen LogP contribution >= 0.6 is 0 Å². The van der Waals surface area contributed by atoms with Crippen LogP contribution < -0.4 is 26.3 Å². The van der Waals surface area contributed by atoms with Crippen molar-refractivity contribution in [2.24, 2.45) is 0 Å². The number of piperidine rings is 1. The normalized spacial score (nSPS) is 17.9. The van der Waals surface area contributed by atoms with Gasteiger partial charge in [0.2, 0.25) is 0 Å². The van der Waals surface area contributed by atoms with Gasteiger partial charge in [0, 0.05) is 12.1 Å². The maximum absolute atomic E-state index is 6.23. The molecule has 0 spiro atoms. The molecular formula is C20H27N3O2. The molecule has 5 N–H and O–H groups in total. The third-order valence-electron chi connectivity index (χ3n) is 4.65. The molecule has 3 rings (SSSR count). The van der Waals surface area contributed by atoms with E-state index in [0.29, 0.717) is 23.2 Å². The van der Waals surface area contributed by atoms with Crippen molar-refractivity contribution in [1.29, 1.82) is 0 Å². The highest BCUT2D eigenvalue weighted by Gasteiger charge is 2.32. The predicted octanol–water partition coefficient (Wildman–Crippen LogP) is 3.94. The molecule has 5 nitrogen and oxygen atoms in total. The molecule has 0 bridgehead atoms. The van der Waals surface area contributed by atoms with Crippen molar-refractivity contribution >= 4 is 11.4 Å². The van der Waals surface area contributed by atoms with Gasteiger partial charge in [-0.25, -0.2) is 0 Å². The summed E-state index contributed by atoms with van der Waals surface area (Å²) in [6, 6.07) is 13.3. The van der Waals surface area contributed by atoms with E-state index in [9.17, 15) is 0 Å². The zero-order valence-corrected chi connectivity index (χ0v) is 14.9. The van der Waals surface area contributed by atoms with E-state index in [4.69, 9.17) is 20.9 Å². The fraction of sp³-hybridized carbons (Fsp3) is 0.400. The lowest BCUT2D eigenvalue weighted by Crippen LogP contribution is -2.52. The molecule has 1 fully saturated rings. The highest BCUT2D eigenvalue weighted by atomic mass is 16.5. The number of ether oxygens (including phenoxy) is 2. The fourth-order valence-electron chi connectivity index (χ4n) is 3.15. The fourth-order valence-corrected chi connectivity index (χ4v) is 3.15. The van der Waals surface area contributed by atoms with Crippen LogP contribution in [0.15, 0.2) is 42.5 Å². The summed E-state index contributed by atoms with van der Waals surface area (Å²) in [5, 5.41) is 3.56. The lowest BCUT2D eigenvalue weighted by atomic mass is 9.91. The molecule has 2 aromatic rings. The Balaban J connectivity index is 1.64. The van der Waals surface area contributed by atoms with E-state index < -0.39 is 0 Å². The van der Waals surface area contributed by atoms with Gasteiger partial charge in [-0.05, 0) is 69.6 Å². The minimum Gasteiger partial charge on any atom is -0.486 e. The Labute approximate surface area is 149 Å². The van der Waals surface area contributed by atoms with Gasteiger partial charge in [-0.1, -0.05) is 6.42 Å². The highest BCUT2D eigenvalue weighted by molar-refractivity contribution is 5.65. The van der Waals surface area contributed by atoms with Crippen molar-refractivity contribution in [3.63, 3.8) is 0 Å². The van der Waals surface area contributed by atoms with Gasteiger partial charge in [0.05, 0.1) is 11.4 Å². The first-order chi connectivity index (χ1) is 11.9. The zero-order chi connectivity index (χ0) is 17.9. The maximum Gasteiger partial charge on any atom is 0.129 e. The molecule has 1 unspecified atom stereocenters.